The van der Waals surface area contributed by atoms with Gasteiger partial charge in [0.1, 0.15) is 12.6 Å². The van der Waals surface area contributed by atoms with E-state index in [9.17, 15) is 19.5 Å². The quantitative estimate of drug-likeness (QED) is 0.0283. The molecule has 0 saturated heterocycles. The number of nitrogens with zero attached hydrogens (tertiary/aromatic N) is 1. The van der Waals surface area contributed by atoms with Crippen LogP contribution in [0.15, 0.2) is 24.3 Å². The normalized spacial score (nSPS) is 13.2. The second-order valence-electron chi connectivity index (χ2n) is 14.5. The molecule has 2 atom stereocenters. The van der Waals surface area contributed by atoms with Crippen LogP contribution < -0.4 is 5.11 Å². The number of rotatable bonds is 35. The second-order valence-corrected chi connectivity index (χ2v) is 14.5. The number of hydrogen-bond acceptors (Lipinski definition) is 7. The van der Waals surface area contributed by atoms with Crippen LogP contribution in [0, 0.1) is 0 Å². The fraction of sp³-hybridized carbons (Fsp3) is 0.829. The Morgan fingerprint density at radius 3 is 1.61 bits per heavy atom. The van der Waals surface area contributed by atoms with Gasteiger partial charge in [0.25, 0.3) is 0 Å². The third kappa shape index (κ3) is 31.5. The highest BCUT2D eigenvalue weighted by molar-refractivity contribution is 5.70. The van der Waals surface area contributed by atoms with Crippen molar-refractivity contribution in [1.29, 1.82) is 0 Å². The van der Waals surface area contributed by atoms with Crippen LogP contribution in [-0.4, -0.2) is 75.5 Å². The topological polar surface area (TPSA) is 102 Å². The highest BCUT2D eigenvalue weighted by Gasteiger charge is 2.25. The molecule has 0 aliphatic carbocycles. The minimum absolute atomic E-state index is 0.0403. The molecule has 8 heteroatoms. The molecule has 286 valence electrons. The van der Waals surface area contributed by atoms with Crippen LogP contribution in [0.5, 0.6) is 0 Å². The van der Waals surface area contributed by atoms with E-state index in [1.54, 1.807) is 21.1 Å². The molecule has 0 aromatic heterocycles. The van der Waals surface area contributed by atoms with Gasteiger partial charge >= 0.3 is 11.9 Å². The van der Waals surface area contributed by atoms with Crippen LogP contribution in [0.25, 0.3) is 0 Å². The molecule has 0 fully saturated rings. The number of hydrogen-bond donors (Lipinski definition) is 0. The lowest BCUT2D eigenvalue weighted by Crippen LogP contribution is -2.55. The van der Waals surface area contributed by atoms with Gasteiger partial charge in [-0.25, -0.2) is 0 Å². The first-order valence-electron chi connectivity index (χ1n) is 19.9. The lowest BCUT2D eigenvalue weighted by atomic mass is 10.1. The summed E-state index contributed by atoms with van der Waals surface area (Å²) < 4.78 is 17.1. The van der Waals surface area contributed by atoms with Crippen LogP contribution in [-0.2, 0) is 28.6 Å². The average molecular weight is 694 g/mol. The zero-order valence-electron chi connectivity index (χ0n) is 32.4. The van der Waals surface area contributed by atoms with Gasteiger partial charge in [-0.3, -0.25) is 9.59 Å². The Labute approximate surface area is 301 Å². The highest BCUT2D eigenvalue weighted by atomic mass is 16.6. The molecule has 0 aliphatic heterocycles. The predicted molar refractivity (Wildman–Crippen MR) is 199 cm³/mol. The molecule has 0 aliphatic rings. The number of carboxylic acid groups (broad SMARTS) is 1. The third-order valence-corrected chi connectivity index (χ3v) is 8.84. The number of quaternary nitrogens is 1. The second kappa shape index (κ2) is 33.0. The Morgan fingerprint density at radius 1 is 0.612 bits per heavy atom. The molecule has 0 bridgehead atoms. The fourth-order valence-corrected chi connectivity index (χ4v) is 5.69. The van der Waals surface area contributed by atoms with Crippen molar-refractivity contribution >= 4 is 17.9 Å². The van der Waals surface area contributed by atoms with Crippen LogP contribution >= 0.6 is 0 Å². The van der Waals surface area contributed by atoms with E-state index < -0.39 is 18.1 Å². The van der Waals surface area contributed by atoms with E-state index in [2.05, 4.69) is 38.2 Å². The van der Waals surface area contributed by atoms with Crippen LogP contribution in [0.1, 0.15) is 168 Å². The number of carboxylic acids is 1. The van der Waals surface area contributed by atoms with Gasteiger partial charge in [0, 0.05) is 19.3 Å². The molecule has 0 aromatic rings. The minimum atomic E-state index is -1.13. The third-order valence-electron chi connectivity index (χ3n) is 8.84. The van der Waals surface area contributed by atoms with Crippen molar-refractivity contribution in [2.24, 2.45) is 0 Å². The number of likely N-dealkylation sites (N-methyl/N-ethyl adjacent to an activating group) is 1. The molecule has 0 rings (SSSR count). The van der Waals surface area contributed by atoms with Crippen LogP contribution in [0.2, 0.25) is 0 Å². The maximum atomic E-state index is 12.6. The zero-order valence-corrected chi connectivity index (χ0v) is 32.4. The Balaban J connectivity index is 4.35. The fourth-order valence-electron chi connectivity index (χ4n) is 5.69. The van der Waals surface area contributed by atoms with E-state index in [-0.39, 0.29) is 42.7 Å². The van der Waals surface area contributed by atoms with Gasteiger partial charge in [-0.1, -0.05) is 128 Å². The standard InChI is InChI=1S/C41H75NO7/c1-6-8-10-12-14-16-17-18-19-20-21-22-23-24-26-28-30-32-40(44)49-37(35-47-34-33-38(41(45)46)42(3,4)5)36-48-39(43)31-29-27-25-15-13-11-9-7-2/h14,16,18-19,37-38H,6-13,15,17,20-36H2,1-5H3/b16-14+,19-18+. The summed E-state index contributed by atoms with van der Waals surface area (Å²) in [6, 6.07) is -0.723. The van der Waals surface area contributed by atoms with Crippen molar-refractivity contribution < 1.29 is 38.2 Å². The van der Waals surface area contributed by atoms with E-state index in [1.807, 2.05) is 0 Å². The van der Waals surface area contributed by atoms with Crippen molar-refractivity contribution in [3.05, 3.63) is 24.3 Å². The number of unbranched alkanes of at least 4 members (excludes halogenated alkanes) is 17. The smallest absolute Gasteiger partial charge is 0.306 e. The van der Waals surface area contributed by atoms with Crippen LogP contribution in [0.3, 0.4) is 0 Å². The average Bonchev–Trinajstić information content (AvgIpc) is 3.05. The molecule has 0 saturated carbocycles. The number of esters is 2. The lowest BCUT2D eigenvalue weighted by molar-refractivity contribution is -0.889. The lowest BCUT2D eigenvalue weighted by Gasteiger charge is -2.34. The highest BCUT2D eigenvalue weighted by Crippen LogP contribution is 2.13. The van der Waals surface area contributed by atoms with Crippen molar-refractivity contribution in [3.8, 4) is 0 Å². The Hall–Kier alpha value is -2.19. The van der Waals surface area contributed by atoms with Gasteiger partial charge in [0.05, 0.1) is 40.3 Å². The molecule has 0 amide bonds. The van der Waals surface area contributed by atoms with Crippen LogP contribution in [0.4, 0.5) is 0 Å². The van der Waals surface area contributed by atoms with Gasteiger partial charge in [-0.2, -0.15) is 0 Å². The molecular weight excluding hydrogens is 618 g/mol. The molecule has 0 spiro atoms. The molecule has 0 heterocycles. The Morgan fingerprint density at radius 2 is 1.08 bits per heavy atom. The van der Waals surface area contributed by atoms with Gasteiger partial charge < -0.3 is 28.6 Å². The minimum Gasteiger partial charge on any atom is -0.544 e. The maximum Gasteiger partial charge on any atom is 0.306 e. The molecule has 0 N–H and O–H groups in total. The number of ether oxygens (including phenoxy) is 3. The number of aliphatic carboxylic acids is 1. The molecule has 2 unspecified atom stereocenters. The molecule has 49 heavy (non-hydrogen) atoms. The molecule has 0 aromatic carbocycles. The predicted octanol–water partition coefficient (Wildman–Crippen LogP) is 8.80. The molecule has 8 nitrogen and oxygen atoms in total. The molecular formula is C41H75NO7. The number of carbonyl (C=O) groups is 3. The van der Waals surface area contributed by atoms with Crippen molar-refractivity contribution in [2.75, 3.05) is 41.0 Å². The summed E-state index contributed by atoms with van der Waals surface area (Å²) in [5, 5.41) is 11.6. The van der Waals surface area contributed by atoms with Gasteiger partial charge in [0.2, 0.25) is 0 Å². The van der Waals surface area contributed by atoms with E-state index in [4.69, 9.17) is 14.2 Å². The van der Waals surface area contributed by atoms with Crippen molar-refractivity contribution in [1.82, 2.24) is 0 Å². The van der Waals surface area contributed by atoms with E-state index in [0.717, 1.165) is 51.4 Å². The maximum absolute atomic E-state index is 12.6. The summed E-state index contributed by atoms with van der Waals surface area (Å²) in [6.45, 7) is 4.59. The summed E-state index contributed by atoms with van der Waals surface area (Å²) in [5.41, 5.74) is 0. The monoisotopic (exact) mass is 694 g/mol. The summed E-state index contributed by atoms with van der Waals surface area (Å²) in [6.07, 6.45) is 33.4. The summed E-state index contributed by atoms with van der Waals surface area (Å²) in [4.78, 5) is 36.6. The number of carbonyl (C=O) groups excluding carboxylic acids is 3. The Bertz CT molecular complexity index is 864. The summed E-state index contributed by atoms with van der Waals surface area (Å²) in [5.74, 6) is -1.75. The first kappa shape index (κ1) is 46.8. The van der Waals surface area contributed by atoms with E-state index >= 15 is 0 Å². The molecule has 0 radical (unpaired) electrons. The van der Waals surface area contributed by atoms with E-state index in [0.29, 0.717) is 12.8 Å². The van der Waals surface area contributed by atoms with E-state index in [1.165, 1.54) is 83.5 Å². The van der Waals surface area contributed by atoms with Crippen molar-refractivity contribution in [2.45, 2.75) is 180 Å². The SMILES string of the molecule is CCCCC/C=C/C/C=C/CCCCCCCCCC(=O)OC(COCCC(C(=O)[O-])[N+](C)(C)C)COC(=O)CCCCCCCCCC. The first-order chi connectivity index (χ1) is 23.6. The van der Waals surface area contributed by atoms with Gasteiger partial charge in [-0.15, -0.1) is 0 Å². The summed E-state index contributed by atoms with van der Waals surface area (Å²) >= 11 is 0. The largest absolute Gasteiger partial charge is 0.544 e. The number of allylic oxidation sites excluding steroid dienone is 4. The zero-order chi connectivity index (χ0) is 36.4. The van der Waals surface area contributed by atoms with Gasteiger partial charge in [0.15, 0.2) is 6.10 Å². The van der Waals surface area contributed by atoms with Gasteiger partial charge in [-0.05, 0) is 44.9 Å². The first-order valence-corrected chi connectivity index (χ1v) is 19.9. The Kier molecular flexibility index (Phi) is 31.5. The van der Waals surface area contributed by atoms with Crippen molar-refractivity contribution in [3.63, 3.8) is 0 Å². The summed E-state index contributed by atoms with van der Waals surface area (Å²) in [7, 11) is 5.39.